The van der Waals surface area contributed by atoms with E-state index in [4.69, 9.17) is 0 Å². The highest BCUT2D eigenvalue weighted by molar-refractivity contribution is 7.91. The van der Waals surface area contributed by atoms with Crippen molar-refractivity contribution in [3.05, 3.63) is 0 Å². The van der Waals surface area contributed by atoms with Gasteiger partial charge in [-0.25, -0.2) is 8.42 Å². The number of nitrogens with one attached hydrogen (secondary N) is 1. The lowest BCUT2D eigenvalue weighted by molar-refractivity contribution is -0.121. The molecular weight excluding hydrogens is 242 g/mol. The van der Waals surface area contributed by atoms with Crippen molar-refractivity contribution in [2.24, 2.45) is 5.92 Å². The van der Waals surface area contributed by atoms with E-state index in [9.17, 15) is 18.3 Å². The van der Waals surface area contributed by atoms with Gasteiger partial charge in [-0.05, 0) is 31.6 Å². The summed E-state index contributed by atoms with van der Waals surface area (Å²) in [6.07, 6.45) is 4.33. The molecule has 17 heavy (non-hydrogen) atoms. The maximum absolute atomic E-state index is 11.6. The lowest BCUT2D eigenvalue weighted by Crippen LogP contribution is -2.54. The summed E-state index contributed by atoms with van der Waals surface area (Å²) >= 11 is 0. The Balaban J connectivity index is 2.60. The summed E-state index contributed by atoms with van der Waals surface area (Å²) in [6, 6.07) is 0. The van der Waals surface area contributed by atoms with Gasteiger partial charge in [0.25, 0.3) is 0 Å². The second-order valence-electron chi connectivity index (χ2n) is 5.24. The van der Waals surface area contributed by atoms with Crippen molar-refractivity contribution in [2.45, 2.75) is 38.1 Å². The fourth-order valence-electron chi connectivity index (χ4n) is 2.21. The van der Waals surface area contributed by atoms with Crippen LogP contribution in [0, 0.1) is 5.92 Å². The first kappa shape index (κ1) is 14.4. The third kappa shape index (κ3) is 4.63. The molecule has 0 aromatic rings. The van der Waals surface area contributed by atoms with Crippen molar-refractivity contribution in [1.29, 1.82) is 0 Å². The molecule has 0 radical (unpaired) electrons. The Hall–Kier alpha value is -0.620. The predicted octanol–water partition coefficient (Wildman–Crippen LogP) is 0.0884. The first-order valence-electron chi connectivity index (χ1n) is 5.86. The first-order valence-corrected chi connectivity index (χ1v) is 7.92. The van der Waals surface area contributed by atoms with Gasteiger partial charge in [-0.2, -0.15) is 0 Å². The van der Waals surface area contributed by atoms with E-state index in [0.717, 1.165) is 19.1 Å². The van der Waals surface area contributed by atoms with Crippen molar-refractivity contribution in [3.63, 3.8) is 0 Å². The topological polar surface area (TPSA) is 83.5 Å². The van der Waals surface area contributed by atoms with Gasteiger partial charge in [0, 0.05) is 6.26 Å². The van der Waals surface area contributed by atoms with Crippen LogP contribution in [0.5, 0.6) is 0 Å². The summed E-state index contributed by atoms with van der Waals surface area (Å²) in [5.74, 6) is -0.429. The van der Waals surface area contributed by atoms with Crippen LogP contribution in [0.4, 0.5) is 0 Å². The molecule has 1 amide bonds. The Morgan fingerprint density at radius 2 is 1.94 bits per heavy atom. The number of aliphatic hydroxyl groups excluding tert-OH is 1. The summed E-state index contributed by atoms with van der Waals surface area (Å²) in [4.78, 5) is 11.6. The molecule has 0 atom stereocenters. The normalized spacial score (nSPS) is 29.9. The monoisotopic (exact) mass is 263 g/mol. The van der Waals surface area contributed by atoms with Crippen LogP contribution in [-0.2, 0) is 14.6 Å². The predicted molar refractivity (Wildman–Crippen MR) is 65.3 cm³/mol. The van der Waals surface area contributed by atoms with Crippen LogP contribution in [0.25, 0.3) is 0 Å². The smallest absolute Gasteiger partial charge is 0.235 e. The molecule has 0 saturated heterocycles. The van der Waals surface area contributed by atoms with E-state index < -0.39 is 27.0 Å². The van der Waals surface area contributed by atoms with E-state index in [2.05, 4.69) is 12.2 Å². The van der Waals surface area contributed by atoms with Crippen molar-refractivity contribution in [3.8, 4) is 0 Å². The molecule has 0 unspecified atom stereocenters. The van der Waals surface area contributed by atoms with Gasteiger partial charge in [0.15, 0.2) is 9.84 Å². The molecule has 5 nitrogen and oxygen atoms in total. The minimum atomic E-state index is -3.31. The van der Waals surface area contributed by atoms with Crippen LogP contribution in [0.3, 0.4) is 0 Å². The number of amides is 1. The average molecular weight is 263 g/mol. The van der Waals surface area contributed by atoms with E-state index in [1.165, 1.54) is 0 Å². The quantitative estimate of drug-likeness (QED) is 0.753. The molecule has 1 aliphatic rings. The Kier molecular flexibility index (Phi) is 4.55. The van der Waals surface area contributed by atoms with Gasteiger partial charge < -0.3 is 10.4 Å². The van der Waals surface area contributed by atoms with Crippen molar-refractivity contribution >= 4 is 15.7 Å². The van der Waals surface area contributed by atoms with Crippen LogP contribution >= 0.6 is 0 Å². The van der Waals surface area contributed by atoms with Gasteiger partial charge in [0.1, 0.15) is 5.75 Å². The third-order valence-corrected chi connectivity index (χ3v) is 4.12. The summed E-state index contributed by atoms with van der Waals surface area (Å²) in [5.41, 5.74) is -0.617. The molecule has 0 aromatic carbocycles. The summed E-state index contributed by atoms with van der Waals surface area (Å²) in [6.45, 7) is 2.01. The van der Waals surface area contributed by atoms with Crippen molar-refractivity contribution < 1.29 is 18.3 Å². The van der Waals surface area contributed by atoms with Gasteiger partial charge in [0.2, 0.25) is 5.91 Å². The largest absolute Gasteiger partial charge is 0.394 e. The van der Waals surface area contributed by atoms with Gasteiger partial charge in [0.05, 0.1) is 12.1 Å². The number of aliphatic hydroxyl groups is 1. The summed E-state index contributed by atoms with van der Waals surface area (Å²) in [7, 11) is -3.31. The Labute approximate surface area is 103 Å². The molecular formula is C11H21NO4S. The second kappa shape index (κ2) is 5.35. The molecule has 2 N–H and O–H groups in total. The molecule has 1 rings (SSSR count). The standard InChI is InChI=1S/C11H21NO4S/c1-9-3-5-11(8-13,6-4-9)12-10(14)7-17(2,15)16/h9,13H,3-8H2,1-2H3,(H,12,14). The lowest BCUT2D eigenvalue weighted by Gasteiger charge is -2.38. The molecule has 0 aromatic heterocycles. The molecule has 0 heterocycles. The maximum Gasteiger partial charge on any atom is 0.235 e. The minimum Gasteiger partial charge on any atom is -0.394 e. The Morgan fingerprint density at radius 1 is 1.41 bits per heavy atom. The second-order valence-corrected chi connectivity index (χ2v) is 7.38. The first-order chi connectivity index (χ1) is 7.76. The molecule has 0 aliphatic heterocycles. The van der Waals surface area contributed by atoms with Gasteiger partial charge in [-0.15, -0.1) is 0 Å². The van der Waals surface area contributed by atoms with Crippen LogP contribution in [0.1, 0.15) is 32.6 Å². The zero-order valence-corrected chi connectivity index (χ0v) is 11.2. The van der Waals surface area contributed by atoms with Crippen molar-refractivity contribution in [2.75, 3.05) is 18.6 Å². The zero-order chi connectivity index (χ0) is 13.1. The average Bonchev–Trinajstić information content (AvgIpc) is 2.19. The number of carbonyl (C=O) groups excluding carboxylic acids is 1. The molecule has 1 fully saturated rings. The minimum absolute atomic E-state index is 0.130. The molecule has 0 spiro atoms. The van der Waals surface area contributed by atoms with Gasteiger partial charge in [-0.1, -0.05) is 6.92 Å². The molecule has 1 saturated carbocycles. The summed E-state index contributed by atoms with van der Waals surface area (Å²) in [5, 5.41) is 12.1. The fraction of sp³-hybridized carbons (Fsp3) is 0.909. The van der Waals surface area contributed by atoms with E-state index in [-0.39, 0.29) is 6.61 Å². The number of hydrogen-bond donors (Lipinski definition) is 2. The Morgan fingerprint density at radius 3 is 2.35 bits per heavy atom. The number of rotatable bonds is 4. The number of hydrogen-bond acceptors (Lipinski definition) is 4. The molecule has 6 heteroatoms. The Bertz CT molecular complexity index is 369. The van der Waals surface area contributed by atoms with Crippen LogP contribution in [0.15, 0.2) is 0 Å². The highest BCUT2D eigenvalue weighted by Crippen LogP contribution is 2.31. The molecule has 100 valence electrons. The van der Waals surface area contributed by atoms with Crippen LogP contribution in [0.2, 0.25) is 0 Å². The van der Waals surface area contributed by atoms with Gasteiger partial charge >= 0.3 is 0 Å². The highest BCUT2D eigenvalue weighted by Gasteiger charge is 2.35. The van der Waals surface area contributed by atoms with Gasteiger partial charge in [-0.3, -0.25) is 4.79 Å². The zero-order valence-electron chi connectivity index (χ0n) is 10.4. The number of carbonyl (C=O) groups is 1. The summed E-state index contributed by atoms with van der Waals surface area (Å²) < 4.78 is 22.0. The number of sulfone groups is 1. The lowest BCUT2D eigenvalue weighted by atomic mass is 9.77. The van der Waals surface area contributed by atoms with Crippen LogP contribution in [-0.4, -0.2) is 43.6 Å². The van der Waals surface area contributed by atoms with E-state index >= 15 is 0 Å². The SMILES string of the molecule is CC1CCC(CO)(NC(=O)CS(C)(=O)=O)CC1. The maximum atomic E-state index is 11.6. The molecule has 0 bridgehead atoms. The van der Waals surface area contributed by atoms with Crippen LogP contribution < -0.4 is 5.32 Å². The third-order valence-electron chi connectivity index (χ3n) is 3.33. The fourth-order valence-corrected chi connectivity index (χ4v) is 2.76. The van der Waals surface area contributed by atoms with Crippen molar-refractivity contribution in [1.82, 2.24) is 5.32 Å². The molecule has 1 aliphatic carbocycles. The van der Waals surface area contributed by atoms with E-state index in [1.54, 1.807) is 0 Å². The highest BCUT2D eigenvalue weighted by atomic mass is 32.2. The van der Waals surface area contributed by atoms with E-state index in [1.807, 2.05) is 0 Å². The van der Waals surface area contributed by atoms with E-state index in [0.29, 0.717) is 18.8 Å².